The Bertz CT molecular complexity index is 1400. The second-order valence-electron chi connectivity index (χ2n) is 7.88. The van der Waals surface area contributed by atoms with E-state index in [9.17, 15) is 18.0 Å². The quantitative estimate of drug-likeness (QED) is 0.587. The lowest BCUT2D eigenvalue weighted by molar-refractivity contribution is -0.141. The van der Waals surface area contributed by atoms with E-state index in [1.54, 1.807) is 25.4 Å². The Hall–Kier alpha value is -4.35. The van der Waals surface area contributed by atoms with Crippen molar-refractivity contribution in [2.24, 2.45) is 4.99 Å². The maximum absolute atomic E-state index is 13.0. The van der Waals surface area contributed by atoms with Crippen LogP contribution in [0.3, 0.4) is 0 Å². The highest BCUT2D eigenvalue weighted by atomic mass is 19.4. The summed E-state index contributed by atoms with van der Waals surface area (Å²) in [4.78, 5) is 35.2. The summed E-state index contributed by atoms with van der Waals surface area (Å²) < 4.78 is 38.9. The van der Waals surface area contributed by atoms with Gasteiger partial charge in [0.1, 0.15) is 17.3 Å². The molecule has 178 valence electrons. The Morgan fingerprint density at radius 3 is 2.74 bits per heavy atom. The van der Waals surface area contributed by atoms with Crippen molar-refractivity contribution in [3.05, 3.63) is 64.9 Å². The van der Waals surface area contributed by atoms with Gasteiger partial charge in [-0.1, -0.05) is 6.07 Å². The number of halogens is 3. The van der Waals surface area contributed by atoms with Crippen molar-refractivity contribution in [1.29, 1.82) is 0 Å². The predicted octanol–water partition coefficient (Wildman–Crippen LogP) is 3.66. The van der Waals surface area contributed by atoms with Crippen LogP contribution in [0.5, 0.6) is 0 Å². The first-order chi connectivity index (χ1) is 16.7. The van der Waals surface area contributed by atoms with Gasteiger partial charge in [-0.2, -0.15) is 18.2 Å². The van der Waals surface area contributed by atoms with Crippen LogP contribution >= 0.6 is 0 Å². The van der Waals surface area contributed by atoms with E-state index in [4.69, 9.17) is 0 Å². The second-order valence-corrected chi connectivity index (χ2v) is 7.88. The van der Waals surface area contributed by atoms with Gasteiger partial charge in [0.25, 0.3) is 5.91 Å². The highest BCUT2D eigenvalue weighted by Gasteiger charge is 2.34. The molecule has 0 spiro atoms. The number of carbonyl (C=O) groups excluding carboxylic acids is 1. The van der Waals surface area contributed by atoms with Crippen LogP contribution in [0.4, 0.5) is 30.6 Å². The van der Waals surface area contributed by atoms with E-state index < -0.39 is 23.6 Å². The van der Waals surface area contributed by atoms with Crippen LogP contribution in [-0.4, -0.2) is 51.8 Å². The number of benzene rings is 1. The fraction of sp³-hybridized carbons (Fsp3) is 0.217. The number of amidine groups is 1. The second kappa shape index (κ2) is 8.46. The number of anilines is 3. The Morgan fingerprint density at radius 1 is 1.14 bits per heavy atom. The number of aliphatic imine (C=N–C) groups is 1. The normalized spacial score (nSPS) is 14.6. The average molecular weight is 480 g/mol. The van der Waals surface area contributed by atoms with Gasteiger partial charge in [0, 0.05) is 42.8 Å². The van der Waals surface area contributed by atoms with Crippen molar-refractivity contribution in [3.8, 4) is 0 Å². The number of carbonyl (C=O) groups is 1. The van der Waals surface area contributed by atoms with E-state index in [1.807, 2.05) is 24.0 Å². The molecular formula is C23H19F3N8O. The zero-order chi connectivity index (χ0) is 24.7. The molecule has 0 saturated carbocycles. The predicted molar refractivity (Wildman–Crippen MR) is 125 cm³/mol. The van der Waals surface area contributed by atoms with E-state index in [-0.39, 0.29) is 0 Å². The van der Waals surface area contributed by atoms with E-state index in [0.717, 1.165) is 40.1 Å². The van der Waals surface area contributed by atoms with Crippen molar-refractivity contribution in [1.82, 2.24) is 19.9 Å². The zero-order valence-corrected chi connectivity index (χ0v) is 18.7. The average Bonchev–Trinajstić information content (AvgIpc) is 3.34. The lowest BCUT2D eigenvalue weighted by atomic mass is 9.94. The molecule has 2 N–H and O–H groups in total. The Labute approximate surface area is 197 Å². The maximum atomic E-state index is 13.0. The summed E-state index contributed by atoms with van der Waals surface area (Å²) >= 11 is 0. The summed E-state index contributed by atoms with van der Waals surface area (Å²) in [5.74, 6) is 0.599. The first-order valence-electron chi connectivity index (χ1n) is 10.7. The fourth-order valence-electron chi connectivity index (χ4n) is 3.93. The Balaban J connectivity index is 1.49. The van der Waals surface area contributed by atoms with Crippen LogP contribution in [0.2, 0.25) is 0 Å². The van der Waals surface area contributed by atoms with Gasteiger partial charge in [0.2, 0.25) is 11.8 Å². The number of aromatic nitrogens is 4. The van der Waals surface area contributed by atoms with Crippen molar-refractivity contribution in [3.63, 3.8) is 0 Å². The van der Waals surface area contributed by atoms with Gasteiger partial charge < -0.3 is 15.5 Å². The number of hydrogen-bond acceptors (Lipinski definition) is 8. The van der Waals surface area contributed by atoms with Gasteiger partial charge in [-0.3, -0.25) is 9.79 Å². The number of nitrogens with zero attached hydrogens (tertiary/aromatic N) is 6. The number of aryl methyl sites for hydroxylation is 1. The van der Waals surface area contributed by atoms with E-state index in [0.29, 0.717) is 30.8 Å². The van der Waals surface area contributed by atoms with Gasteiger partial charge in [-0.25, -0.2) is 15.0 Å². The molecule has 0 fully saturated rings. The molecule has 2 aliphatic heterocycles. The molecule has 2 aliphatic rings. The topological polar surface area (TPSA) is 108 Å². The zero-order valence-electron chi connectivity index (χ0n) is 18.7. The van der Waals surface area contributed by atoms with Crippen LogP contribution in [-0.2, 0) is 6.18 Å². The molecule has 35 heavy (non-hydrogen) atoms. The molecule has 0 radical (unpaired) electrons. The Kier molecular flexibility index (Phi) is 5.42. The van der Waals surface area contributed by atoms with Crippen LogP contribution in [0, 0.1) is 6.92 Å². The summed E-state index contributed by atoms with van der Waals surface area (Å²) in [5.41, 5.74) is 2.59. The molecule has 3 aromatic rings. The lowest BCUT2D eigenvalue weighted by Crippen LogP contribution is -2.32. The third kappa shape index (κ3) is 4.18. The first kappa shape index (κ1) is 22.4. The summed E-state index contributed by atoms with van der Waals surface area (Å²) in [7, 11) is 1.75. The van der Waals surface area contributed by atoms with Crippen LogP contribution in [0.15, 0.2) is 41.7 Å². The number of alkyl halides is 3. The van der Waals surface area contributed by atoms with Crippen molar-refractivity contribution in [2.75, 3.05) is 35.7 Å². The molecule has 9 nitrogen and oxygen atoms in total. The van der Waals surface area contributed by atoms with Gasteiger partial charge >= 0.3 is 6.18 Å². The minimum absolute atomic E-state index is 0.384. The van der Waals surface area contributed by atoms with Crippen molar-refractivity contribution < 1.29 is 18.0 Å². The number of rotatable bonds is 4. The summed E-state index contributed by atoms with van der Waals surface area (Å²) in [6, 6.07) is 5.94. The molecule has 4 heterocycles. The van der Waals surface area contributed by atoms with Gasteiger partial charge in [0.15, 0.2) is 0 Å². The smallest absolute Gasteiger partial charge is 0.357 e. The standard InChI is InChI=1S/C23H19F3N8O/c1-12-3-4-14(31-21(35)18-28-6-5-17(32-18)23(24,25)26)10-15(12)16-9-13-11-30-22(27-2)33-19(13)34-8-7-29-20(16)34/h3-6,9-11H,7-8H2,1-2H3,(H,31,35)(H,27,30,33). The van der Waals surface area contributed by atoms with Crippen LogP contribution in [0.1, 0.15) is 33.0 Å². The van der Waals surface area contributed by atoms with Gasteiger partial charge in [0.05, 0.1) is 6.54 Å². The molecule has 0 atom stereocenters. The highest BCUT2D eigenvalue weighted by molar-refractivity contribution is 6.36. The number of amides is 1. The molecule has 5 rings (SSSR count). The summed E-state index contributed by atoms with van der Waals surface area (Å²) in [6.07, 6.45) is -0.0945. The molecule has 0 aliphatic carbocycles. The lowest BCUT2D eigenvalue weighted by Gasteiger charge is -2.28. The molecule has 0 unspecified atom stereocenters. The van der Waals surface area contributed by atoms with Crippen molar-refractivity contribution in [2.45, 2.75) is 13.1 Å². The minimum atomic E-state index is -4.68. The number of fused-ring (bicyclic) bond motifs is 3. The molecule has 1 aromatic carbocycles. The third-order valence-electron chi connectivity index (χ3n) is 5.59. The largest absolute Gasteiger partial charge is 0.433 e. The molecule has 0 bridgehead atoms. The van der Waals surface area contributed by atoms with Crippen LogP contribution in [0.25, 0.3) is 11.6 Å². The fourth-order valence-corrected chi connectivity index (χ4v) is 3.93. The first-order valence-corrected chi connectivity index (χ1v) is 10.7. The Morgan fingerprint density at radius 2 is 1.97 bits per heavy atom. The highest BCUT2D eigenvalue weighted by Crippen LogP contribution is 2.37. The third-order valence-corrected chi connectivity index (χ3v) is 5.59. The molecule has 12 heteroatoms. The van der Waals surface area contributed by atoms with E-state index in [2.05, 4.69) is 35.6 Å². The molecular weight excluding hydrogens is 461 g/mol. The van der Waals surface area contributed by atoms with Crippen LogP contribution < -0.4 is 15.5 Å². The number of hydrogen-bond donors (Lipinski definition) is 2. The van der Waals surface area contributed by atoms with E-state index >= 15 is 0 Å². The van der Waals surface area contributed by atoms with Gasteiger partial charge in [-0.05, 0) is 42.3 Å². The summed E-state index contributed by atoms with van der Waals surface area (Å²) in [6.45, 7) is 3.20. The molecule has 1 amide bonds. The maximum Gasteiger partial charge on any atom is 0.433 e. The molecule has 0 saturated heterocycles. The molecule has 2 aromatic heterocycles. The minimum Gasteiger partial charge on any atom is -0.357 e. The SMILES string of the molecule is CNc1ncc2c(n1)N1CCN=C1C(c1cc(NC(=O)c3nccc(C(F)(F)F)n3)ccc1C)=C2. The van der Waals surface area contributed by atoms with E-state index in [1.165, 1.54) is 0 Å². The van der Waals surface area contributed by atoms with Crippen molar-refractivity contribution >= 4 is 40.8 Å². The number of nitrogens with one attached hydrogen (secondary N) is 2. The van der Waals surface area contributed by atoms with Gasteiger partial charge in [-0.15, -0.1) is 0 Å². The monoisotopic (exact) mass is 480 g/mol. The summed E-state index contributed by atoms with van der Waals surface area (Å²) in [5, 5.41) is 5.53.